The number of pyridine rings is 1. The van der Waals surface area contributed by atoms with E-state index in [2.05, 4.69) is 15.0 Å². The lowest BCUT2D eigenvalue weighted by Crippen LogP contribution is -2.33. The number of hydrogen-bond donors (Lipinski definition) is 1. The number of nitrogens with two attached hydrogens (primary N) is 1. The van der Waals surface area contributed by atoms with Gasteiger partial charge in [-0.15, -0.1) is 0 Å². The van der Waals surface area contributed by atoms with Gasteiger partial charge in [0.25, 0.3) is 5.91 Å². The number of anilines is 1. The van der Waals surface area contributed by atoms with Crippen molar-refractivity contribution in [2.75, 3.05) is 32.0 Å². The lowest BCUT2D eigenvalue weighted by molar-refractivity contribution is 0.0736. The Balaban J connectivity index is 1.73. The fourth-order valence-electron chi connectivity index (χ4n) is 3.72. The van der Waals surface area contributed by atoms with E-state index >= 15 is 4.39 Å². The van der Waals surface area contributed by atoms with Crippen molar-refractivity contribution in [3.05, 3.63) is 59.9 Å². The molecule has 0 bridgehead atoms. The zero-order chi connectivity index (χ0) is 21.8. The van der Waals surface area contributed by atoms with E-state index in [1.165, 1.54) is 18.5 Å². The van der Waals surface area contributed by atoms with Crippen LogP contribution >= 0.6 is 0 Å². The number of hydrogen-bond acceptors (Lipinski definition) is 6. The first-order chi connectivity index (χ1) is 15.1. The first-order valence-corrected chi connectivity index (χ1v) is 10.3. The van der Waals surface area contributed by atoms with Gasteiger partial charge in [-0.05, 0) is 37.1 Å². The molecule has 0 radical (unpaired) electrons. The minimum atomic E-state index is -0.578. The maximum Gasteiger partial charge on any atom is 0.256 e. The van der Waals surface area contributed by atoms with E-state index in [0.29, 0.717) is 49.8 Å². The number of ether oxygens (including phenoxy) is 1. The third kappa shape index (κ3) is 4.39. The molecule has 1 amide bonds. The second-order valence-corrected chi connectivity index (χ2v) is 7.32. The standard InChI is InChI=1S/C23H24FN5O2/c1-2-19-21(16-5-7-20(25)26-13-16)22(28-14-27-19)15-4-6-17(18(24)12-15)23(30)29-8-3-10-31-11-9-29/h4-7,12-14H,2-3,8-11H2,1H3,(H2,25,26). The summed E-state index contributed by atoms with van der Waals surface area (Å²) in [5.41, 5.74) is 9.32. The lowest BCUT2D eigenvalue weighted by Gasteiger charge is -2.20. The molecule has 1 aliphatic heterocycles. The average molecular weight is 421 g/mol. The van der Waals surface area contributed by atoms with Gasteiger partial charge < -0.3 is 15.4 Å². The molecular formula is C23H24FN5O2. The van der Waals surface area contributed by atoms with Gasteiger partial charge >= 0.3 is 0 Å². The molecule has 4 rings (SSSR count). The molecule has 8 heteroatoms. The summed E-state index contributed by atoms with van der Waals surface area (Å²) in [6.07, 6.45) is 4.54. The van der Waals surface area contributed by atoms with Crippen molar-refractivity contribution in [2.45, 2.75) is 19.8 Å². The molecule has 0 aliphatic carbocycles. The van der Waals surface area contributed by atoms with Crippen molar-refractivity contribution in [2.24, 2.45) is 0 Å². The third-order valence-corrected chi connectivity index (χ3v) is 5.32. The summed E-state index contributed by atoms with van der Waals surface area (Å²) in [6.45, 7) is 4.08. The van der Waals surface area contributed by atoms with Gasteiger partial charge in [0.1, 0.15) is 18.0 Å². The topological polar surface area (TPSA) is 94.2 Å². The zero-order valence-corrected chi connectivity index (χ0v) is 17.3. The highest BCUT2D eigenvalue weighted by Crippen LogP contribution is 2.33. The largest absolute Gasteiger partial charge is 0.384 e. The van der Waals surface area contributed by atoms with Crippen molar-refractivity contribution in [3.8, 4) is 22.4 Å². The predicted molar refractivity (Wildman–Crippen MR) is 116 cm³/mol. The van der Waals surface area contributed by atoms with E-state index in [0.717, 1.165) is 23.2 Å². The van der Waals surface area contributed by atoms with E-state index < -0.39 is 5.82 Å². The van der Waals surface area contributed by atoms with E-state index in [-0.39, 0.29) is 11.5 Å². The van der Waals surface area contributed by atoms with Crippen LogP contribution < -0.4 is 5.73 Å². The van der Waals surface area contributed by atoms with Gasteiger partial charge in [-0.3, -0.25) is 4.79 Å². The molecule has 31 heavy (non-hydrogen) atoms. The highest BCUT2D eigenvalue weighted by Gasteiger charge is 2.22. The molecule has 1 aliphatic rings. The SMILES string of the molecule is CCc1ncnc(-c2ccc(C(=O)N3CCCOCC3)c(F)c2)c1-c1ccc(N)nc1. The average Bonchev–Trinajstić information content (AvgIpc) is 3.08. The van der Waals surface area contributed by atoms with Crippen LogP contribution in [0.4, 0.5) is 10.2 Å². The molecule has 1 aromatic carbocycles. The van der Waals surface area contributed by atoms with Crippen LogP contribution in [-0.4, -0.2) is 52.1 Å². The van der Waals surface area contributed by atoms with E-state index in [1.54, 1.807) is 23.2 Å². The Kier molecular flexibility index (Phi) is 6.18. The zero-order valence-electron chi connectivity index (χ0n) is 17.3. The van der Waals surface area contributed by atoms with E-state index in [1.807, 2.05) is 13.0 Å². The van der Waals surface area contributed by atoms with Gasteiger partial charge in [0, 0.05) is 42.6 Å². The van der Waals surface area contributed by atoms with Crippen LogP contribution in [0.3, 0.4) is 0 Å². The number of aromatic nitrogens is 3. The Labute approximate surface area is 180 Å². The van der Waals surface area contributed by atoms with Gasteiger partial charge in [0.05, 0.1) is 23.6 Å². The normalized spacial score (nSPS) is 14.3. The van der Waals surface area contributed by atoms with Crippen LogP contribution in [0, 0.1) is 5.82 Å². The molecule has 2 N–H and O–H groups in total. The molecule has 160 valence electrons. The lowest BCUT2D eigenvalue weighted by atomic mass is 9.97. The minimum absolute atomic E-state index is 0.0473. The van der Waals surface area contributed by atoms with Gasteiger partial charge in [-0.2, -0.15) is 0 Å². The molecule has 0 atom stereocenters. The van der Waals surface area contributed by atoms with E-state index in [4.69, 9.17) is 10.5 Å². The maximum absolute atomic E-state index is 15.1. The number of carbonyl (C=O) groups is 1. The summed E-state index contributed by atoms with van der Waals surface area (Å²) in [4.78, 5) is 27.4. The van der Waals surface area contributed by atoms with E-state index in [9.17, 15) is 4.79 Å². The molecule has 1 fully saturated rings. The Bertz CT molecular complexity index is 1080. The summed E-state index contributed by atoms with van der Waals surface area (Å²) < 4.78 is 20.4. The summed E-state index contributed by atoms with van der Waals surface area (Å²) in [6, 6.07) is 8.16. The van der Waals surface area contributed by atoms with Gasteiger partial charge in [0.2, 0.25) is 0 Å². The predicted octanol–water partition coefficient (Wildman–Crippen LogP) is 3.35. The van der Waals surface area contributed by atoms with Crippen LogP contribution in [-0.2, 0) is 11.2 Å². The molecule has 0 spiro atoms. The molecule has 7 nitrogen and oxygen atoms in total. The number of nitrogen functional groups attached to an aromatic ring is 1. The van der Waals surface area contributed by atoms with Crippen molar-refractivity contribution in [3.63, 3.8) is 0 Å². The molecule has 0 saturated carbocycles. The molecule has 2 aromatic heterocycles. The molecule has 0 unspecified atom stereocenters. The van der Waals surface area contributed by atoms with Crippen molar-refractivity contribution in [1.82, 2.24) is 19.9 Å². The number of aryl methyl sites for hydroxylation is 1. The Morgan fingerprint density at radius 2 is 1.97 bits per heavy atom. The first-order valence-electron chi connectivity index (χ1n) is 10.3. The number of carbonyl (C=O) groups excluding carboxylic acids is 1. The summed E-state index contributed by atoms with van der Waals surface area (Å²) in [7, 11) is 0. The smallest absolute Gasteiger partial charge is 0.256 e. The second-order valence-electron chi connectivity index (χ2n) is 7.32. The van der Waals surface area contributed by atoms with Crippen LogP contribution in [0.15, 0.2) is 42.9 Å². The summed E-state index contributed by atoms with van der Waals surface area (Å²) in [5, 5.41) is 0. The third-order valence-electron chi connectivity index (χ3n) is 5.32. The molecule has 3 aromatic rings. The Hall–Kier alpha value is -3.39. The Morgan fingerprint density at radius 1 is 1.13 bits per heavy atom. The second kappa shape index (κ2) is 9.18. The number of halogens is 1. The summed E-state index contributed by atoms with van der Waals surface area (Å²) in [5.74, 6) is -0.492. The number of rotatable bonds is 4. The quantitative estimate of drug-likeness (QED) is 0.694. The van der Waals surface area contributed by atoms with Crippen LogP contribution in [0.5, 0.6) is 0 Å². The number of benzene rings is 1. The number of nitrogens with zero attached hydrogens (tertiary/aromatic N) is 4. The van der Waals surface area contributed by atoms with Gasteiger partial charge in [-0.1, -0.05) is 13.0 Å². The highest BCUT2D eigenvalue weighted by molar-refractivity contribution is 5.95. The monoisotopic (exact) mass is 421 g/mol. The molecular weight excluding hydrogens is 397 g/mol. The highest BCUT2D eigenvalue weighted by atomic mass is 19.1. The van der Waals surface area contributed by atoms with Crippen LogP contribution in [0.2, 0.25) is 0 Å². The van der Waals surface area contributed by atoms with Gasteiger partial charge in [-0.25, -0.2) is 19.3 Å². The van der Waals surface area contributed by atoms with Crippen molar-refractivity contribution >= 4 is 11.7 Å². The molecule has 3 heterocycles. The first kappa shape index (κ1) is 20.9. The Morgan fingerprint density at radius 3 is 2.71 bits per heavy atom. The van der Waals surface area contributed by atoms with Crippen molar-refractivity contribution in [1.29, 1.82) is 0 Å². The molecule has 1 saturated heterocycles. The number of amides is 1. The van der Waals surface area contributed by atoms with Gasteiger partial charge in [0.15, 0.2) is 0 Å². The van der Waals surface area contributed by atoms with Crippen molar-refractivity contribution < 1.29 is 13.9 Å². The van der Waals surface area contributed by atoms with Crippen LogP contribution in [0.1, 0.15) is 29.4 Å². The minimum Gasteiger partial charge on any atom is -0.384 e. The van der Waals surface area contributed by atoms with Crippen LogP contribution in [0.25, 0.3) is 22.4 Å². The fourth-order valence-corrected chi connectivity index (χ4v) is 3.72. The fraction of sp³-hybridized carbons (Fsp3) is 0.304. The maximum atomic E-state index is 15.1. The summed E-state index contributed by atoms with van der Waals surface area (Å²) >= 11 is 0.